The summed E-state index contributed by atoms with van der Waals surface area (Å²) in [6.45, 7) is 2.39. The summed E-state index contributed by atoms with van der Waals surface area (Å²) in [4.78, 5) is 29.4. The maximum atomic E-state index is 13.8. The van der Waals surface area contributed by atoms with E-state index >= 15 is 0 Å². The van der Waals surface area contributed by atoms with Crippen LogP contribution in [0.2, 0.25) is 0 Å². The van der Waals surface area contributed by atoms with E-state index in [0.717, 1.165) is 48.8 Å². The van der Waals surface area contributed by atoms with Crippen molar-refractivity contribution in [3.8, 4) is 5.75 Å². The number of carbonyl (C=O) groups excluding carboxylic acids is 1. The van der Waals surface area contributed by atoms with Crippen molar-refractivity contribution in [1.82, 2.24) is 15.2 Å². The number of H-pyrrole nitrogens is 1. The number of phenolic OH excluding ortho intramolecular Hbond substituents is 1. The second-order valence-electron chi connectivity index (χ2n) is 10.1. The second-order valence-corrected chi connectivity index (χ2v) is 10.1. The zero-order valence-corrected chi connectivity index (χ0v) is 22.2. The first-order valence-corrected chi connectivity index (χ1v) is 13.8. The van der Waals surface area contributed by atoms with Gasteiger partial charge in [0, 0.05) is 30.6 Å². The van der Waals surface area contributed by atoms with Crippen LogP contribution in [0.1, 0.15) is 49.7 Å². The molecule has 1 fully saturated rings. The highest BCUT2D eigenvalue weighted by atomic mass is 19.1. The summed E-state index contributed by atoms with van der Waals surface area (Å²) in [7, 11) is 0. The molecule has 1 heterocycles. The number of hydrogen-bond acceptors (Lipinski definition) is 5. The fraction of sp³-hybridized carbons (Fsp3) is 0.467. The molecule has 4 rings (SSSR count). The van der Waals surface area contributed by atoms with E-state index in [-0.39, 0.29) is 54.9 Å². The molecular formula is C30H37F2N3O4. The van der Waals surface area contributed by atoms with Crippen LogP contribution in [0.4, 0.5) is 8.78 Å². The second kappa shape index (κ2) is 14.2. The minimum atomic E-state index is -0.480. The number of halogens is 2. The Bertz CT molecular complexity index is 1310. The van der Waals surface area contributed by atoms with Crippen LogP contribution < -0.4 is 10.9 Å². The first-order valence-electron chi connectivity index (χ1n) is 13.8. The fourth-order valence-corrected chi connectivity index (χ4v) is 5.29. The summed E-state index contributed by atoms with van der Waals surface area (Å²) >= 11 is 0. The van der Waals surface area contributed by atoms with Gasteiger partial charge in [-0.2, -0.15) is 0 Å². The van der Waals surface area contributed by atoms with E-state index in [2.05, 4.69) is 10.3 Å². The third-order valence-electron chi connectivity index (χ3n) is 7.38. The van der Waals surface area contributed by atoms with E-state index in [1.54, 1.807) is 12.1 Å². The molecule has 1 aliphatic carbocycles. The number of hydrogen-bond donors (Lipinski definition) is 3. The highest BCUT2D eigenvalue weighted by molar-refractivity contribution is 5.87. The standard InChI is InChI=1S/C30H37F2N3O4/c31-23-7-9-26(32)22(20-23)13-18-39-19-14-29(38)35(24-4-2-1-3-5-24)17-16-33-15-12-21-6-10-27(36)30-25(21)8-11-28(37)34-30/h6-11,20,24,33,36H,1-5,12-19H2,(H,34,37). The largest absolute Gasteiger partial charge is 0.506 e. The Morgan fingerprint density at radius 3 is 2.64 bits per heavy atom. The van der Waals surface area contributed by atoms with Crippen LogP contribution in [-0.2, 0) is 22.4 Å². The summed E-state index contributed by atoms with van der Waals surface area (Å²) in [5, 5.41) is 14.3. The minimum absolute atomic E-state index is 0.0474. The maximum absolute atomic E-state index is 13.8. The fourth-order valence-electron chi connectivity index (χ4n) is 5.29. The molecule has 0 bridgehead atoms. The Kier molecular flexibility index (Phi) is 10.4. The SMILES string of the molecule is O=C(CCOCCc1cc(F)ccc1F)N(CCNCCc1ccc(O)c2[nH]c(=O)ccc12)C1CCCCC1. The van der Waals surface area contributed by atoms with Crippen LogP contribution in [0.25, 0.3) is 10.9 Å². The quantitative estimate of drug-likeness (QED) is 0.278. The van der Waals surface area contributed by atoms with Crippen LogP contribution in [0.5, 0.6) is 5.75 Å². The molecule has 1 saturated carbocycles. The molecule has 0 saturated heterocycles. The van der Waals surface area contributed by atoms with Gasteiger partial charge in [-0.1, -0.05) is 25.3 Å². The lowest BCUT2D eigenvalue weighted by molar-refractivity contribution is -0.135. The molecule has 2 aromatic carbocycles. The van der Waals surface area contributed by atoms with Gasteiger partial charge in [0.15, 0.2) is 0 Å². The zero-order valence-electron chi connectivity index (χ0n) is 22.2. The van der Waals surface area contributed by atoms with Gasteiger partial charge >= 0.3 is 0 Å². The average Bonchev–Trinajstić information content (AvgIpc) is 2.94. The van der Waals surface area contributed by atoms with Crippen molar-refractivity contribution in [2.24, 2.45) is 0 Å². The number of nitrogens with zero attached hydrogens (tertiary/aromatic N) is 1. The summed E-state index contributed by atoms with van der Waals surface area (Å²) in [6.07, 6.45) is 6.65. The molecule has 1 amide bonds. The van der Waals surface area contributed by atoms with Crippen molar-refractivity contribution in [3.63, 3.8) is 0 Å². The predicted molar refractivity (Wildman–Crippen MR) is 147 cm³/mol. The summed E-state index contributed by atoms with van der Waals surface area (Å²) in [5.74, 6) is -0.841. The molecule has 0 spiro atoms. The molecule has 39 heavy (non-hydrogen) atoms. The van der Waals surface area contributed by atoms with E-state index in [1.807, 2.05) is 11.0 Å². The topological polar surface area (TPSA) is 94.7 Å². The Balaban J connectivity index is 1.23. The van der Waals surface area contributed by atoms with Crippen molar-refractivity contribution in [3.05, 3.63) is 75.6 Å². The lowest BCUT2D eigenvalue weighted by Crippen LogP contribution is -2.45. The Labute approximate surface area is 227 Å². The summed E-state index contributed by atoms with van der Waals surface area (Å²) in [6, 6.07) is 10.2. The number of rotatable bonds is 13. The van der Waals surface area contributed by atoms with Gasteiger partial charge in [0.25, 0.3) is 0 Å². The van der Waals surface area contributed by atoms with Crippen molar-refractivity contribution in [1.29, 1.82) is 0 Å². The average molecular weight is 542 g/mol. The number of carbonyl (C=O) groups is 1. The molecule has 0 atom stereocenters. The number of ether oxygens (including phenoxy) is 1. The first-order chi connectivity index (χ1) is 18.9. The molecule has 210 valence electrons. The minimum Gasteiger partial charge on any atom is -0.506 e. The Morgan fingerprint density at radius 1 is 1.00 bits per heavy atom. The number of nitrogens with one attached hydrogen (secondary N) is 2. The number of pyridine rings is 1. The number of aromatic nitrogens is 1. The van der Waals surface area contributed by atoms with Crippen LogP contribution >= 0.6 is 0 Å². The lowest BCUT2D eigenvalue weighted by Gasteiger charge is -2.34. The molecule has 1 aromatic heterocycles. The number of aromatic hydroxyl groups is 1. The normalized spacial score (nSPS) is 14.1. The lowest BCUT2D eigenvalue weighted by atomic mass is 9.94. The highest BCUT2D eigenvalue weighted by Crippen LogP contribution is 2.25. The van der Waals surface area contributed by atoms with E-state index in [0.29, 0.717) is 31.6 Å². The van der Waals surface area contributed by atoms with Crippen LogP contribution in [0.15, 0.2) is 47.3 Å². The molecule has 0 aliphatic heterocycles. The van der Waals surface area contributed by atoms with Gasteiger partial charge < -0.3 is 25.0 Å². The van der Waals surface area contributed by atoms with Crippen LogP contribution in [-0.4, -0.2) is 59.8 Å². The summed E-state index contributed by atoms with van der Waals surface area (Å²) < 4.78 is 32.7. The van der Waals surface area contributed by atoms with Gasteiger partial charge in [0.05, 0.1) is 25.2 Å². The van der Waals surface area contributed by atoms with Gasteiger partial charge in [-0.3, -0.25) is 9.59 Å². The highest BCUT2D eigenvalue weighted by Gasteiger charge is 2.24. The maximum Gasteiger partial charge on any atom is 0.248 e. The third-order valence-corrected chi connectivity index (χ3v) is 7.38. The Hall–Kier alpha value is -3.30. The third kappa shape index (κ3) is 8.10. The van der Waals surface area contributed by atoms with E-state index < -0.39 is 11.6 Å². The van der Waals surface area contributed by atoms with Gasteiger partial charge in [0.1, 0.15) is 17.4 Å². The first kappa shape index (κ1) is 28.7. The molecule has 0 unspecified atom stereocenters. The molecule has 0 radical (unpaired) electrons. The molecule has 1 aliphatic rings. The van der Waals surface area contributed by atoms with Crippen LogP contribution in [0.3, 0.4) is 0 Å². The molecule has 3 aromatic rings. The number of fused-ring (bicyclic) bond motifs is 1. The summed E-state index contributed by atoms with van der Waals surface area (Å²) in [5.41, 5.74) is 1.47. The van der Waals surface area contributed by atoms with E-state index in [4.69, 9.17) is 4.74 Å². The molecule has 3 N–H and O–H groups in total. The number of benzene rings is 2. The van der Waals surface area contributed by atoms with E-state index in [9.17, 15) is 23.5 Å². The van der Waals surface area contributed by atoms with Crippen molar-refractivity contribution in [2.75, 3.05) is 32.8 Å². The number of aromatic amines is 1. The molecular weight excluding hydrogens is 504 g/mol. The van der Waals surface area contributed by atoms with Crippen molar-refractivity contribution < 1.29 is 23.4 Å². The number of amides is 1. The smallest absolute Gasteiger partial charge is 0.248 e. The van der Waals surface area contributed by atoms with E-state index in [1.165, 1.54) is 18.6 Å². The molecule has 9 heteroatoms. The van der Waals surface area contributed by atoms with Crippen molar-refractivity contribution >= 4 is 16.8 Å². The van der Waals surface area contributed by atoms with Gasteiger partial charge in [-0.25, -0.2) is 8.78 Å². The molecule has 7 nitrogen and oxygen atoms in total. The Morgan fingerprint density at radius 2 is 1.82 bits per heavy atom. The monoisotopic (exact) mass is 541 g/mol. The van der Waals surface area contributed by atoms with Crippen LogP contribution in [0, 0.1) is 11.6 Å². The van der Waals surface area contributed by atoms with Gasteiger partial charge in [-0.05, 0) is 73.7 Å². The van der Waals surface area contributed by atoms with Crippen molar-refractivity contribution in [2.45, 2.75) is 57.4 Å². The predicted octanol–water partition coefficient (Wildman–Crippen LogP) is 4.45. The zero-order chi connectivity index (χ0) is 27.6. The number of phenols is 1. The van der Waals surface area contributed by atoms with Gasteiger partial charge in [-0.15, -0.1) is 0 Å². The van der Waals surface area contributed by atoms with Gasteiger partial charge in [0.2, 0.25) is 11.5 Å².